The molecular formula is C7H9NO2S. The van der Waals surface area contributed by atoms with Gasteiger partial charge in [0.15, 0.2) is 5.75 Å². The minimum Gasteiger partial charge on any atom is -0.325 e. The Kier molecular flexibility index (Phi) is 3.79. The predicted octanol–water partition coefficient (Wildman–Crippen LogP) is 2.06. The van der Waals surface area contributed by atoms with E-state index in [9.17, 15) is 0 Å². The van der Waals surface area contributed by atoms with Gasteiger partial charge in [0.25, 0.3) is 0 Å². The molecule has 0 amide bonds. The van der Waals surface area contributed by atoms with Crippen molar-refractivity contribution in [2.75, 3.05) is 5.75 Å². The van der Waals surface area contributed by atoms with Gasteiger partial charge in [0.1, 0.15) is 0 Å². The Morgan fingerprint density at radius 2 is 2.18 bits per heavy atom. The van der Waals surface area contributed by atoms with Gasteiger partial charge in [-0.1, -0.05) is 6.92 Å². The van der Waals surface area contributed by atoms with Gasteiger partial charge in [0.05, 0.1) is 0 Å². The molecule has 0 aliphatic rings. The Bertz CT molecular complexity index is 193. The zero-order chi connectivity index (χ0) is 7.94. The van der Waals surface area contributed by atoms with Crippen molar-refractivity contribution in [3.63, 3.8) is 0 Å². The second-order valence-electron chi connectivity index (χ2n) is 1.74. The fourth-order valence-electron chi connectivity index (χ4n) is 0.505. The van der Waals surface area contributed by atoms with Gasteiger partial charge in [-0.15, -0.1) is 4.33 Å². The molecule has 0 saturated heterocycles. The summed E-state index contributed by atoms with van der Waals surface area (Å²) in [6.07, 6.45) is 3.30. The van der Waals surface area contributed by atoms with Gasteiger partial charge in [0.2, 0.25) is 0 Å². The number of rotatable bonds is 4. The summed E-state index contributed by atoms with van der Waals surface area (Å²) in [5.74, 6) is 1.53. The molecule has 0 fully saturated rings. The first-order chi connectivity index (χ1) is 5.43. The van der Waals surface area contributed by atoms with Crippen molar-refractivity contribution in [2.24, 2.45) is 0 Å². The Hall–Kier alpha value is -0.740. The van der Waals surface area contributed by atoms with E-state index >= 15 is 0 Å². The third-order valence-electron chi connectivity index (χ3n) is 0.946. The lowest BCUT2D eigenvalue weighted by atomic mass is 10.5. The molecule has 0 N–H and O–H groups in total. The van der Waals surface area contributed by atoms with Crippen LogP contribution < -0.4 is 4.89 Å². The van der Waals surface area contributed by atoms with Gasteiger partial charge in [-0.05, 0) is 0 Å². The van der Waals surface area contributed by atoms with Crippen LogP contribution in [0.4, 0.5) is 0 Å². The fourth-order valence-corrected chi connectivity index (χ4v) is 0.728. The highest BCUT2D eigenvalue weighted by molar-refractivity contribution is 7.94. The van der Waals surface area contributed by atoms with Crippen molar-refractivity contribution in [1.82, 2.24) is 4.98 Å². The largest absolute Gasteiger partial charge is 0.325 e. The molecular weight excluding hydrogens is 162 g/mol. The van der Waals surface area contributed by atoms with E-state index in [0.717, 1.165) is 5.75 Å². The summed E-state index contributed by atoms with van der Waals surface area (Å²) < 4.78 is 4.76. The second kappa shape index (κ2) is 4.98. The van der Waals surface area contributed by atoms with Crippen LogP contribution in [0.15, 0.2) is 24.5 Å². The summed E-state index contributed by atoms with van der Waals surface area (Å²) in [5, 5.41) is 0. The fraction of sp³-hybridized carbons (Fsp3) is 0.286. The van der Waals surface area contributed by atoms with Gasteiger partial charge in [-0.3, -0.25) is 4.98 Å². The third-order valence-corrected chi connectivity index (χ3v) is 1.35. The first-order valence-corrected chi connectivity index (χ1v) is 4.20. The minimum atomic E-state index is 0.668. The Morgan fingerprint density at radius 1 is 1.45 bits per heavy atom. The lowest BCUT2D eigenvalue weighted by Crippen LogP contribution is -1.89. The first kappa shape index (κ1) is 8.36. The van der Waals surface area contributed by atoms with Gasteiger partial charge in [0, 0.05) is 42.3 Å². The van der Waals surface area contributed by atoms with Gasteiger partial charge in [-0.25, -0.2) is 0 Å². The van der Waals surface area contributed by atoms with Crippen LogP contribution in [-0.4, -0.2) is 10.7 Å². The molecule has 1 heterocycles. The van der Waals surface area contributed by atoms with Gasteiger partial charge >= 0.3 is 0 Å². The highest BCUT2D eigenvalue weighted by atomic mass is 32.2. The normalized spacial score (nSPS) is 9.55. The van der Waals surface area contributed by atoms with Gasteiger partial charge < -0.3 is 4.89 Å². The minimum absolute atomic E-state index is 0.668. The molecule has 0 atom stereocenters. The van der Waals surface area contributed by atoms with Crippen LogP contribution >= 0.6 is 12.0 Å². The molecule has 0 radical (unpaired) electrons. The summed E-state index contributed by atoms with van der Waals surface area (Å²) >= 11 is 1.26. The zero-order valence-corrected chi connectivity index (χ0v) is 7.00. The molecule has 0 saturated carbocycles. The number of hydrogen-bond donors (Lipinski definition) is 0. The highest BCUT2D eigenvalue weighted by Crippen LogP contribution is 2.10. The first-order valence-electron chi connectivity index (χ1n) is 3.29. The summed E-state index contributed by atoms with van der Waals surface area (Å²) in [6, 6.07) is 3.46. The number of pyridine rings is 1. The molecule has 0 aliphatic carbocycles. The van der Waals surface area contributed by atoms with Gasteiger partial charge in [-0.2, -0.15) is 0 Å². The number of nitrogens with zero attached hydrogens (tertiary/aromatic N) is 1. The van der Waals surface area contributed by atoms with Crippen LogP contribution in [0.2, 0.25) is 0 Å². The summed E-state index contributed by atoms with van der Waals surface area (Å²) in [6.45, 7) is 1.99. The Labute approximate surface area is 69.9 Å². The average Bonchev–Trinajstić information content (AvgIpc) is 2.07. The smallest absolute Gasteiger partial charge is 0.169 e. The molecule has 60 valence electrons. The Morgan fingerprint density at radius 3 is 2.82 bits per heavy atom. The maximum absolute atomic E-state index is 4.87. The average molecular weight is 171 g/mol. The van der Waals surface area contributed by atoms with Crippen molar-refractivity contribution < 1.29 is 9.22 Å². The molecule has 0 bridgehead atoms. The van der Waals surface area contributed by atoms with Crippen molar-refractivity contribution in [2.45, 2.75) is 6.92 Å². The summed E-state index contributed by atoms with van der Waals surface area (Å²) in [7, 11) is 0. The molecule has 0 unspecified atom stereocenters. The van der Waals surface area contributed by atoms with E-state index in [4.69, 9.17) is 9.22 Å². The third kappa shape index (κ3) is 3.25. The molecule has 4 heteroatoms. The predicted molar refractivity (Wildman–Crippen MR) is 44.1 cm³/mol. The van der Waals surface area contributed by atoms with Crippen LogP contribution in [0.1, 0.15) is 6.92 Å². The van der Waals surface area contributed by atoms with Crippen molar-refractivity contribution in [3.8, 4) is 5.75 Å². The SMILES string of the molecule is CCSOOc1ccncc1. The van der Waals surface area contributed by atoms with E-state index in [2.05, 4.69) is 4.98 Å². The molecule has 1 rings (SSSR count). The van der Waals surface area contributed by atoms with Crippen LogP contribution in [0.25, 0.3) is 0 Å². The van der Waals surface area contributed by atoms with Crippen LogP contribution in [0.5, 0.6) is 5.75 Å². The van der Waals surface area contributed by atoms with E-state index in [0.29, 0.717) is 5.75 Å². The monoisotopic (exact) mass is 171 g/mol. The van der Waals surface area contributed by atoms with E-state index < -0.39 is 0 Å². The van der Waals surface area contributed by atoms with E-state index in [-0.39, 0.29) is 0 Å². The molecule has 0 aliphatic heterocycles. The quantitative estimate of drug-likeness (QED) is 0.300. The lowest BCUT2D eigenvalue weighted by molar-refractivity contribution is -0.0776. The molecule has 0 spiro atoms. The molecule has 1 aromatic heterocycles. The number of aromatic nitrogens is 1. The van der Waals surface area contributed by atoms with E-state index in [1.54, 1.807) is 24.5 Å². The second-order valence-corrected chi connectivity index (χ2v) is 2.69. The van der Waals surface area contributed by atoms with Crippen molar-refractivity contribution in [1.29, 1.82) is 0 Å². The van der Waals surface area contributed by atoms with E-state index in [1.807, 2.05) is 6.92 Å². The molecule has 0 aromatic carbocycles. The highest BCUT2D eigenvalue weighted by Gasteiger charge is 1.90. The molecule has 1 aromatic rings. The maximum Gasteiger partial charge on any atom is 0.169 e. The van der Waals surface area contributed by atoms with Crippen molar-refractivity contribution >= 4 is 12.0 Å². The zero-order valence-electron chi connectivity index (χ0n) is 6.19. The summed E-state index contributed by atoms with van der Waals surface area (Å²) in [4.78, 5) is 8.70. The van der Waals surface area contributed by atoms with E-state index in [1.165, 1.54) is 12.0 Å². The van der Waals surface area contributed by atoms with Crippen molar-refractivity contribution in [3.05, 3.63) is 24.5 Å². The number of hydrogen-bond acceptors (Lipinski definition) is 4. The standard InChI is InChI=1S/C7H9NO2S/c1-2-11-10-9-7-3-5-8-6-4-7/h3-6H,2H2,1H3. The molecule has 11 heavy (non-hydrogen) atoms. The van der Waals surface area contributed by atoms with Crippen LogP contribution in [0.3, 0.4) is 0 Å². The Balaban J connectivity index is 2.28. The van der Waals surface area contributed by atoms with Crippen LogP contribution in [-0.2, 0) is 4.33 Å². The molecule has 3 nitrogen and oxygen atoms in total. The van der Waals surface area contributed by atoms with Crippen LogP contribution in [0, 0.1) is 0 Å². The maximum atomic E-state index is 4.87. The summed E-state index contributed by atoms with van der Waals surface area (Å²) in [5.41, 5.74) is 0. The lowest BCUT2D eigenvalue weighted by Gasteiger charge is -1.99. The topological polar surface area (TPSA) is 31.4 Å².